The quantitative estimate of drug-likeness (QED) is 0.722. The van der Waals surface area contributed by atoms with Crippen molar-refractivity contribution >= 4 is 28.0 Å². The molecule has 1 aliphatic heterocycles. The van der Waals surface area contributed by atoms with Gasteiger partial charge in [-0.05, 0) is 64.2 Å². The van der Waals surface area contributed by atoms with E-state index in [2.05, 4.69) is 15.9 Å². The zero-order valence-corrected chi connectivity index (χ0v) is 18.3. The average molecular weight is 454 g/mol. The van der Waals surface area contributed by atoms with E-state index >= 15 is 0 Å². The smallest absolute Gasteiger partial charge is 0.410 e. The van der Waals surface area contributed by atoms with Crippen LogP contribution < -0.4 is 0 Å². The van der Waals surface area contributed by atoms with Gasteiger partial charge in [0.2, 0.25) is 0 Å². The molecule has 28 heavy (non-hydrogen) atoms. The summed E-state index contributed by atoms with van der Waals surface area (Å²) < 4.78 is 12.4. The standard InChI is InChI=1S/C21H28BrNO5/c1-19(2,3)28-18(26)23-13-20(14-23)7-9-21(10-8-20,27-12-17(24)25)15-5-4-6-16(22)11-15/h4-6,11H,7-10,12-14H2,1-3H3,(H,24,25). The molecule has 0 bridgehead atoms. The van der Waals surface area contributed by atoms with E-state index in [1.54, 1.807) is 4.90 Å². The van der Waals surface area contributed by atoms with Crippen LogP contribution >= 0.6 is 15.9 Å². The summed E-state index contributed by atoms with van der Waals surface area (Å²) in [5, 5.41) is 9.12. The highest BCUT2D eigenvalue weighted by atomic mass is 79.9. The lowest BCUT2D eigenvalue weighted by atomic mass is 9.63. The van der Waals surface area contributed by atoms with Crippen molar-refractivity contribution < 1.29 is 24.2 Å². The molecule has 0 aromatic heterocycles. The van der Waals surface area contributed by atoms with Crippen molar-refractivity contribution in [1.29, 1.82) is 0 Å². The third-order valence-corrected chi connectivity index (χ3v) is 6.14. The second kappa shape index (κ2) is 7.67. The Bertz CT molecular complexity index is 741. The first-order chi connectivity index (χ1) is 13.0. The number of nitrogens with zero attached hydrogens (tertiary/aromatic N) is 1. The fraction of sp³-hybridized carbons (Fsp3) is 0.619. The normalized spacial score (nSPS) is 20.5. The second-order valence-electron chi connectivity index (χ2n) is 9.02. The van der Waals surface area contributed by atoms with Gasteiger partial charge in [-0.3, -0.25) is 0 Å². The lowest BCUT2D eigenvalue weighted by molar-refractivity contribution is -0.161. The van der Waals surface area contributed by atoms with Gasteiger partial charge < -0.3 is 19.5 Å². The molecule has 1 saturated carbocycles. The maximum atomic E-state index is 12.2. The minimum Gasteiger partial charge on any atom is -0.480 e. The highest BCUT2D eigenvalue weighted by Gasteiger charge is 2.52. The molecule has 1 aromatic carbocycles. The van der Waals surface area contributed by atoms with E-state index in [0.717, 1.165) is 35.7 Å². The molecular weight excluding hydrogens is 426 g/mol. The van der Waals surface area contributed by atoms with Gasteiger partial charge in [0.15, 0.2) is 0 Å². The molecule has 0 atom stereocenters. The number of likely N-dealkylation sites (tertiary alicyclic amines) is 1. The first-order valence-corrected chi connectivity index (χ1v) is 10.4. The molecule has 0 radical (unpaired) electrons. The maximum absolute atomic E-state index is 12.2. The highest BCUT2D eigenvalue weighted by Crippen LogP contribution is 2.52. The molecule has 2 aliphatic rings. The largest absolute Gasteiger partial charge is 0.480 e. The monoisotopic (exact) mass is 453 g/mol. The summed E-state index contributed by atoms with van der Waals surface area (Å²) in [4.78, 5) is 25.1. The van der Waals surface area contributed by atoms with E-state index in [9.17, 15) is 9.59 Å². The molecule has 1 amide bonds. The Balaban J connectivity index is 1.67. The van der Waals surface area contributed by atoms with Crippen LogP contribution in [0.1, 0.15) is 52.0 Å². The summed E-state index contributed by atoms with van der Waals surface area (Å²) in [7, 11) is 0. The van der Waals surface area contributed by atoms with Gasteiger partial charge >= 0.3 is 12.1 Å². The van der Waals surface area contributed by atoms with Crippen LogP contribution in [0.4, 0.5) is 4.79 Å². The van der Waals surface area contributed by atoms with Gasteiger partial charge in [0.05, 0.1) is 5.60 Å². The summed E-state index contributed by atoms with van der Waals surface area (Å²) >= 11 is 3.50. The van der Waals surface area contributed by atoms with Crippen LogP contribution in [-0.4, -0.2) is 47.4 Å². The molecule has 154 valence electrons. The summed E-state index contributed by atoms with van der Waals surface area (Å²) in [6.07, 6.45) is 2.98. The summed E-state index contributed by atoms with van der Waals surface area (Å²) in [6.45, 7) is 6.67. The van der Waals surface area contributed by atoms with Gasteiger partial charge in [-0.1, -0.05) is 28.1 Å². The number of ether oxygens (including phenoxy) is 2. The van der Waals surface area contributed by atoms with Crippen LogP contribution in [0.25, 0.3) is 0 Å². The Morgan fingerprint density at radius 2 is 1.82 bits per heavy atom. The number of carboxylic acids is 1. The van der Waals surface area contributed by atoms with Crippen molar-refractivity contribution in [2.75, 3.05) is 19.7 Å². The summed E-state index contributed by atoms with van der Waals surface area (Å²) in [6, 6.07) is 7.90. The third-order valence-electron chi connectivity index (χ3n) is 5.65. The van der Waals surface area contributed by atoms with Gasteiger partial charge in [0.25, 0.3) is 0 Å². The molecular formula is C21H28BrNO5. The van der Waals surface area contributed by atoms with Gasteiger partial charge in [-0.15, -0.1) is 0 Å². The molecule has 1 N–H and O–H groups in total. The number of hydrogen-bond donors (Lipinski definition) is 1. The maximum Gasteiger partial charge on any atom is 0.410 e. The number of hydrogen-bond acceptors (Lipinski definition) is 4. The zero-order valence-electron chi connectivity index (χ0n) is 16.7. The molecule has 7 heteroatoms. The van der Waals surface area contributed by atoms with Crippen LogP contribution in [0.2, 0.25) is 0 Å². The SMILES string of the molecule is CC(C)(C)OC(=O)N1CC2(CCC(OCC(=O)O)(c3cccc(Br)c3)CC2)C1. The molecule has 1 spiro atoms. The Hall–Kier alpha value is -1.60. The summed E-state index contributed by atoms with van der Waals surface area (Å²) in [5.41, 5.74) is -0.00705. The Kier molecular flexibility index (Phi) is 5.79. The number of benzene rings is 1. The minimum atomic E-state index is -0.964. The van der Waals surface area contributed by atoms with Gasteiger partial charge in [-0.25, -0.2) is 9.59 Å². The van der Waals surface area contributed by atoms with Crippen LogP contribution in [0, 0.1) is 5.41 Å². The van der Waals surface area contributed by atoms with E-state index in [1.165, 1.54) is 0 Å². The Labute approximate surface area is 174 Å². The number of carboxylic acid groups (broad SMARTS) is 1. The molecule has 1 aromatic rings. The number of carbonyl (C=O) groups excluding carboxylic acids is 1. The van der Waals surface area contributed by atoms with Crippen molar-refractivity contribution in [1.82, 2.24) is 4.90 Å². The molecule has 6 nitrogen and oxygen atoms in total. The topological polar surface area (TPSA) is 76.1 Å². The third kappa shape index (κ3) is 4.69. The van der Waals surface area contributed by atoms with Gasteiger partial charge in [0, 0.05) is 23.0 Å². The fourth-order valence-electron chi connectivity index (χ4n) is 4.21. The van der Waals surface area contributed by atoms with E-state index in [-0.39, 0.29) is 18.1 Å². The molecule has 3 rings (SSSR count). The molecule has 1 heterocycles. The number of rotatable bonds is 4. The first-order valence-electron chi connectivity index (χ1n) is 9.62. The van der Waals surface area contributed by atoms with Crippen molar-refractivity contribution in [3.05, 3.63) is 34.3 Å². The fourth-order valence-corrected chi connectivity index (χ4v) is 4.61. The number of aliphatic carboxylic acids is 1. The van der Waals surface area contributed by atoms with E-state index in [4.69, 9.17) is 14.6 Å². The lowest BCUT2D eigenvalue weighted by Crippen LogP contribution is -2.61. The van der Waals surface area contributed by atoms with Crippen molar-refractivity contribution in [2.45, 2.75) is 57.7 Å². The number of halogens is 1. The van der Waals surface area contributed by atoms with Crippen molar-refractivity contribution in [2.24, 2.45) is 5.41 Å². The van der Waals surface area contributed by atoms with Gasteiger partial charge in [0.1, 0.15) is 12.2 Å². The first kappa shape index (κ1) is 21.1. The van der Waals surface area contributed by atoms with Crippen LogP contribution in [0.15, 0.2) is 28.7 Å². The van der Waals surface area contributed by atoms with Crippen LogP contribution in [-0.2, 0) is 19.9 Å². The average Bonchev–Trinajstić information content (AvgIpc) is 2.57. The van der Waals surface area contributed by atoms with Crippen molar-refractivity contribution in [3.8, 4) is 0 Å². The number of amides is 1. The Morgan fingerprint density at radius 3 is 2.36 bits per heavy atom. The van der Waals surface area contributed by atoms with Gasteiger partial charge in [-0.2, -0.15) is 0 Å². The van der Waals surface area contributed by atoms with E-state index in [0.29, 0.717) is 13.1 Å². The molecule has 0 unspecified atom stereocenters. The summed E-state index contributed by atoms with van der Waals surface area (Å²) in [5.74, 6) is -0.964. The minimum absolute atomic E-state index is 0.0823. The van der Waals surface area contributed by atoms with E-state index in [1.807, 2.05) is 45.0 Å². The van der Waals surface area contributed by atoms with Crippen LogP contribution in [0.5, 0.6) is 0 Å². The Morgan fingerprint density at radius 1 is 1.18 bits per heavy atom. The van der Waals surface area contributed by atoms with E-state index < -0.39 is 17.2 Å². The number of carbonyl (C=O) groups is 2. The predicted octanol–water partition coefficient (Wildman–Crippen LogP) is 4.56. The molecule has 1 saturated heterocycles. The molecule has 2 fully saturated rings. The second-order valence-corrected chi connectivity index (χ2v) is 9.94. The molecule has 1 aliphatic carbocycles. The lowest BCUT2D eigenvalue weighted by Gasteiger charge is -2.55. The van der Waals surface area contributed by atoms with Crippen molar-refractivity contribution in [3.63, 3.8) is 0 Å². The highest BCUT2D eigenvalue weighted by molar-refractivity contribution is 9.10. The van der Waals surface area contributed by atoms with Crippen LogP contribution in [0.3, 0.4) is 0 Å². The zero-order chi connectivity index (χ0) is 20.6. The predicted molar refractivity (Wildman–Crippen MR) is 108 cm³/mol.